The van der Waals surface area contributed by atoms with Gasteiger partial charge < -0.3 is 4.74 Å². The molecule has 3 aromatic rings. The monoisotopic (exact) mass is 393 g/mol. The lowest BCUT2D eigenvalue weighted by molar-refractivity contribution is -0.127. The summed E-state index contributed by atoms with van der Waals surface area (Å²) in [5.74, 6) is 0.556. The van der Waals surface area contributed by atoms with Crippen molar-refractivity contribution in [3.05, 3.63) is 76.7 Å². The van der Waals surface area contributed by atoms with Gasteiger partial charge in [0.15, 0.2) is 0 Å². The van der Waals surface area contributed by atoms with E-state index in [-0.39, 0.29) is 18.5 Å². The zero-order valence-corrected chi connectivity index (χ0v) is 16.1. The summed E-state index contributed by atoms with van der Waals surface area (Å²) in [4.78, 5) is 32.8. The van der Waals surface area contributed by atoms with Gasteiger partial charge in [0.05, 0.1) is 12.2 Å². The molecule has 4 rings (SSSR count). The number of urea groups is 1. The first-order chi connectivity index (χ1) is 13.6. The fourth-order valence-corrected chi connectivity index (χ4v) is 3.80. The normalized spacial score (nSPS) is 16.7. The summed E-state index contributed by atoms with van der Waals surface area (Å²) in [6.07, 6.45) is 0. The van der Waals surface area contributed by atoms with Crippen molar-refractivity contribution >= 4 is 29.0 Å². The van der Waals surface area contributed by atoms with Crippen molar-refractivity contribution in [3.63, 3.8) is 0 Å². The maximum Gasteiger partial charge on any atom is 0.332 e. The summed E-state index contributed by atoms with van der Waals surface area (Å²) in [6, 6.07) is 17.9. The fourth-order valence-electron chi connectivity index (χ4n) is 3.11. The number of benzene rings is 2. The molecule has 1 atom stereocenters. The van der Waals surface area contributed by atoms with Gasteiger partial charge in [-0.15, -0.1) is 11.3 Å². The first-order valence-corrected chi connectivity index (χ1v) is 9.82. The Morgan fingerprint density at radius 2 is 1.71 bits per heavy atom. The van der Waals surface area contributed by atoms with E-state index >= 15 is 0 Å². The molecule has 1 saturated heterocycles. The molecular weight excluding hydrogens is 374 g/mol. The number of imide groups is 1. The third kappa shape index (κ3) is 3.61. The Balaban J connectivity index is 1.43. The molecule has 0 saturated carbocycles. The smallest absolute Gasteiger partial charge is 0.332 e. The standard InChI is InChI=1S/C21H19N3O3S/c1-15-20(25)23(21(26)24(15)17-8-4-2-5-9-17)12-16-14-28-19(22-16)13-27-18-10-6-3-7-11-18/h2-11,14-15H,12-13H2,1H3/t15-/m1/s1. The van der Waals surface area contributed by atoms with Crippen LogP contribution in [-0.2, 0) is 17.9 Å². The molecule has 0 unspecified atom stereocenters. The summed E-state index contributed by atoms with van der Waals surface area (Å²) < 4.78 is 5.70. The molecule has 7 heteroatoms. The average molecular weight is 393 g/mol. The molecule has 142 valence electrons. The van der Waals surface area contributed by atoms with Crippen LogP contribution in [0.1, 0.15) is 17.6 Å². The molecule has 1 aliphatic heterocycles. The number of hydrogen-bond donors (Lipinski definition) is 0. The van der Waals surface area contributed by atoms with Crippen molar-refractivity contribution in [1.82, 2.24) is 9.88 Å². The number of para-hydroxylation sites is 2. The molecule has 2 aromatic carbocycles. The highest BCUT2D eigenvalue weighted by atomic mass is 32.1. The Morgan fingerprint density at radius 3 is 2.43 bits per heavy atom. The van der Waals surface area contributed by atoms with Gasteiger partial charge in [0, 0.05) is 11.1 Å². The van der Waals surface area contributed by atoms with Crippen LogP contribution < -0.4 is 9.64 Å². The minimum Gasteiger partial charge on any atom is -0.486 e. The molecule has 0 spiro atoms. The Labute approximate surface area is 167 Å². The maximum absolute atomic E-state index is 12.8. The van der Waals surface area contributed by atoms with Crippen LogP contribution in [-0.4, -0.2) is 27.9 Å². The van der Waals surface area contributed by atoms with E-state index in [0.29, 0.717) is 18.0 Å². The molecule has 28 heavy (non-hydrogen) atoms. The van der Waals surface area contributed by atoms with Crippen LogP contribution in [0.3, 0.4) is 0 Å². The van der Waals surface area contributed by atoms with Crippen LogP contribution in [0.4, 0.5) is 10.5 Å². The molecule has 1 fully saturated rings. The molecule has 3 amide bonds. The Kier molecular flexibility index (Phi) is 5.08. The second-order valence-electron chi connectivity index (χ2n) is 6.42. The first-order valence-electron chi connectivity index (χ1n) is 8.94. The number of amides is 3. The van der Waals surface area contributed by atoms with Crippen molar-refractivity contribution in [3.8, 4) is 5.75 Å². The summed E-state index contributed by atoms with van der Waals surface area (Å²) in [5, 5.41) is 2.66. The van der Waals surface area contributed by atoms with E-state index in [9.17, 15) is 9.59 Å². The van der Waals surface area contributed by atoms with Gasteiger partial charge in [-0.05, 0) is 31.2 Å². The van der Waals surface area contributed by atoms with Crippen LogP contribution in [0.2, 0.25) is 0 Å². The predicted molar refractivity (Wildman–Crippen MR) is 107 cm³/mol. The number of hydrogen-bond acceptors (Lipinski definition) is 5. The summed E-state index contributed by atoms with van der Waals surface area (Å²) in [5.41, 5.74) is 1.39. The molecule has 0 aliphatic carbocycles. The lowest BCUT2D eigenvalue weighted by atomic mass is 10.2. The van der Waals surface area contributed by atoms with Gasteiger partial charge in [0.25, 0.3) is 5.91 Å². The largest absolute Gasteiger partial charge is 0.486 e. The van der Waals surface area contributed by atoms with Crippen molar-refractivity contribution in [2.24, 2.45) is 0 Å². The summed E-state index contributed by atoms with van der Waals surface area (Å²) in [7, 11) is 0. The molecule has 0 radical (unpaired) electrons. The zero-order valence-electron chi connectivity index (χ0n) is 15.3. The van der Waals surface area contributed by atoms with Crippen LogP contribution in [0.5, 0.6) is 5.75 Å². The molecule has 2 heterocycles. The highest BCUT2D eigenvalue weighted by Crippen LogP contribution is 2.27. The highest BCUT2D eigenvalue weighted by Gasteiger charge is 2.43. The van der Waals surface area contributed by atoms with E-state index in [1.807, 2.05) is 66.0 Å². The van der Waals surface area contributed by atoms with Gasteiger partial charge in [0.1, 0.15) is 23.4 Å². The van der Waals surface area contributed by atoms with Gasteiger partial charge >= 0.3 is 6.03 Å². The van der Waals surface area contributed by atoms with E-state index < -0.39 is 6.04 Å². The molecule has 0 N–H and O–H groups in total. The molecule has 6 nitrogen and oxygen atoms in total. The van der Waals surface area contributed by atoms with Crippen molar-refractivity contribution in [2.45, 2.75) is 26.1 Å². The van der Waals surface area contributed by atoms with E-state index in [0.717, 1.165) is 10.8 Å². The van der Waals surface area contributed by atoms with Crippen molar-refractivity contribution in [2.75, 3.05) is 4.90 Å². The molecular formula is C21H19N3O3S. The van der Waals surface area contributed by atoms with Crippen LogP contribution in [0.25, 0.3) is 0 Å². The first kappa shape index (κ1) is 18.2. The van der Waals surface area contributed by atoms with Crippen molar-refractivity contribution < 1.29 is 14.3 Å². The Bertz CT molecular complexity index is 975. The number of thiazole rings is 1. The molecule has 1 aromatic heterocycles. The quantitative estimate of drug-likeness (QED) is 0.592. The van der Waals surface area contributed by atoms with Crippen molar-refractivity contribution in [1.29, 1.82) is 0 Å². The fraction of sp³-hybridized carbons (Fsp3) is 0.190. The Morgan fingerprint density at radius 1 is 1.04 bits per heavy atom. The third-order valence-electron chi connectivity index (χ3n) is 4.51. The third-order valence-corrected chi connectivity index (χ3v) is 5.38. The minimum absolute atomic E-state index is 0.160. The lowest BCUT2D eigenvalue weighted by Gasteiger charge is -2.19. The molecule has 0 bridgehead atoms. The van der Waals surface area contributed by atoms with E-state index in [1.165, 1.54) is 21.1 Å². The second-order valence-corrected chi connectivity index (χ2v) is 7.37. The van der Waals surface area contributed by atoms with Crippen LogP contribution >= 0.6 is 11.3 Å². The Hall–Kier alpha value is -3.19. The lowest BCUT2D eigenvalue weighted by Crippen LogP contribution is -2.33. The number of carbonyl (C=O) groups excluding carboxylic acids is 2. The zero-order chi connectivity index (χ0) is 19.5. The van der Waals surface area contributed by atoms with Gasteiger partial charge in [-0.25, -0.2) is 9.78 Å². The summed E-state index contributed by atoms with van der Waals surface area (Å²) in [6.45, 7) is 2.25. The number of carbonyl (C=O) groups is 2. The van der Waals surface area contributed by atoms with E-state index in [4.69, 9.17) is 4.74 Å². The van der Waals surface area contributed by atoms with Gasteiger partial charge in [-0.1, -0.05) is 36.4 Å². The van der Waals surface area contributed by atoms with Crippen LogP contribution in [0.15, 0.2) is 66.0 Å². The topological polar surface area (TPSA) is 62.7 Å². The van der Waals surface area contributed by atoms with Crippen LogP contribution in [0, 0.1) is 0 Å². The molecule has 1 aliphatic rings. The van der Waals surface area contributed by atoms with E-state index in [1.54, 1.807) is 6.92 Å². The number of anilines is 1. The minimum atomic E-state index is -0.533. The number of ether oxygens (including phenoxy) is 1. The van der Waals surface area contributed by atoms with Gasteiger partial charge in [-0.3, -0.25) is 14.6 Å². The predicted octanol–water partition coefficient (Wildman–Crippen LogP) is 4.08. The number of rotatable bonds is 6. The van der Waals surface area contributed by atoms with Gasteiger partial charge in [0.2, 0.25) is 0 Å². The second kappa shape index (κ2) is 7.82. The maximum atomic E-state index is 12.8. The highest BCUT2D eigenvalue weighted by molar-refractivity contribution is 7.09. The van der Waals surface area contributed by atoms with E-state index in [2.05, 4.69) is 4.98 Å². The number of nitrogens with zero attached hydrogens (tertiary/aromatic N) is 3. The number of aromatic nitrogens is 1. The van der Waals surface area contributed by atoms with Gasteiger partial charge in [-0.2, -0.15) is 0 Å². The SMILES string of the molecule is C[C@@H]1C(=O)N(Cc2csc(COc3ccccc3)n2)C(=O)N1c1ccccc1. The average Bonchev–Trinajstić information content (AvgIpc) is 3.26. The summed E-state index contributed by atoms with van der Waals surface area (Å²) >= 11 is 1.45.